The molecule has 0 spiro atoms. The van der Waals surface area contributed by atoms with Crippen molar-refractivity contribution in [2.24, 2.45) is 0 Å². The van der Waals surface area contributed by atoms with Crippen molar-refractivity contribution < 1.29 is 14.2 Å². The van der Waals surface area contributed by atoms with Gasteiger partial charge in [0.25, 0.3) is 0 Å². The highest BCUT2D eigenvalue weighted by atomic mass is 16.5. The van der Waals surface area contributed by atoms with Crippen molar-refractivity contribution in [2.45, 2.75) is 19.9 Å². The average Bonchev–Trinajstić information content (AvgIpc) is 2.77. The summed E-state index contributed by atoms with van der Waals surface area (Å²) in [5, 5.41) is 3.35. The summed E-state index contributed by atoms with van der Waals surface area (Å²) in [7, 11) is 4.79. The molecule has 0 radical (unpaired) electrons. The van der Waals surface area contributed by atoms with Crippen molar-refractivity contribution in [3.63, 3.8) is 0 Å². The average molecular weight is 406 g/mol. The predicted octanol–water partition coefficient (Wildman–Crippen LogP) is 4.12. The summed E-state index contributed by atoms with van der Waals surface area (Å²) in [6.07, 6.45) is 0.989. The first-order valence-electron chi connectivity index (χ1n) is 9.85. The number of nitrogens with zero attached hydrogens (tertiary/aromatic N) is 3. The van der Waals surface area contributed by atoms with Gasteiger partial charge in [-0.3, -0.25) is 0 Å². The van der Waals surface area contributed by atoms with Crippen molar-refractivity contribution in [3.05, 3.63) is 59.3 Å². The molecular formula is C23H26N4O3. The van der Waals surface area contributed by atoms with E-state index in [4.69, 9.17) is 19.2 Å². The molecule has 30 heavy (non-hydrogen) atoms. The number of methoxy groups -OCH3 is 3. The Morgan fingerprint density at radius 1 is 0.900 bits per heavy atom. The lowest BCUT2D eigenvalue weighted by molar-refractivity contribution is 0.324. The van der Waals surface area contributed by atoms with Gasteiger partial charge >= 0.3 is 0 Å². The molecule has 3 aromatic rings. The molecule has 0 aliphatic carbocycles. The molecule has 0 atom stereocenters. The number of hydrogen-bond donors (Lipinski definition) is 1. The van der Waals surface area contributed by atoms with Crippen LogP contribution in [0.3, 0.4) is 0 Å². The second kappa shape index (κ2) is 8.49. The highest BCUT2D eigenvalue weighted by Gasteiger charge is 2.19. The Labute approximate surface area is 176 Å². The van der Waals surface area contributed by atoms with E-state index < -0.39 is 0 Å². The van der Waals surface area contributed by atoms with E-state index in [0.29, 0.717) is 23.1 Å². The Bertz CT molecular complexity index is 1030. The number of rotatable bonds is 6. The summed E-state index contributed by atoms with van der Waals surface area (Å²) in [5.74, 6) is 3.15. The highest BCUT2D eigenvalue weighted by Crippen LogP contribution is 2.40. The molecule has 0 fully saturated rings. The van der Waals surface area contributed by atoms with Crippen molar-refractivity contribution >= 4 is 17.5 Å². The molecule has 2 aromatic carbocycles. The van der Waals surface area contributed by atoms with Crippen LogP contribution in [0.1, 0.15) is 16.8 Å². The summed E-state index contributed by atoms with van der Waals surface area (Å²) in [6, 6.07) is 14.2. The van der Waals surface area contributed by atoms with E-state index in [1.54, 1.807) is 21.3 Å². The first-order chi connectivity index (χ1) is 14.6. The molecule has 0 unspecified atom stereocenters. The van der Waals surface area contributed by atoms with Gasteiger partial charge in [-0.05, 0) is 24.5 Å². The highest BCUT2D eigenvalue weighted by molar-refractivity contribution is 5.67. The molecule has 7 nitrogen and oxygen atoms in total. The molecule has 156 valence electrons. The third kappa shape index (κ3) is 3.96. The maximum Gasteiger partial charge on any atom is 0.227 e. The molecule has 0 bridgehead atoms. The lowest BCUT2D eigenvalue weighted by atomic mass is 10.0. The van der Waals surface area contributed by atoms with Gasteiger partial charge in [0.1, 0.15) is 5.82 Å². The van der Waals surface area contributed by atoms with Crippen LogP contribution >= 0.6 is 0 Å². The van der Waals surface area contributed by atoms with Gasteiger partial charge in [0.05, 0.1) is 21.3 Å². The van der Waals surface area contributed by atoms with Crippen molar-refractivity contribution in [1.29, 1.82) is 0 Å². The first-order valence-corrected chi connectivity index (χ1v) is 9.85. The standard InChI is InChI=1S/C23H26N4O3/c1-15-11-21(25-18-12-19(28-2)22(30-4)20(13-18)29-3)26-23(24-15)27-10-9-16-7-5-6-8-17(16)14-27/h5-8,11-13H,9-10,14H2,1-4H3,(H,24,25,26). The molecule has 7 heteroatoms. The Morgan fingerprint density at radius 2 is 1.60 bits per heavy atom. The largest absolute Gasteiger partial charge is 0.493 e. The van der Waals surface area contributed by atoms with Crippen LogP contribution in [0.25, 0.3) is 0 Å². The van der Waals surface area contributed by atoms with E-state index in [-0.39, 0.29) is 0 Å². The van der Waals surface area contributed by atoms with Gasteiger partial charge in [0, 0.05) is 42.7 Å². The van der Waals surface area contributed by atoms with E-state index in [2.05, 4.69) is 39.5 Å². The second-order valence-corrected chi connectivity index (χ2v) is 7.17. The lowest BCUT2D eigenvalue weighted by Gasteiger charge is -2.29. The van der Waals surface area contributed by atoms with Gasteiger partial charge in [0.15, 0.2) is 11.5 Å². The van der Waals surface area contributed by atoms with Crippen LogP contribution in [0.4, 0.5) is 17.5 Å². The fourth-order valence-electron chi connectivity index (χ4n) is 3.73. The van der Waals surface area contributed by atoms with Gasteiger partial charge in [-0.25, -0.2) is 4.98 Å². The van der Waals surface area contributed by atoms with E-state index in [9.17, 15) is 0 Å². The van der Waals surface area contributed by atoms with Gasteiger partial charge in [0.2, 0.25) is 11.7 Å². The van der Waals surface area contributed by atoms with Gasteiger partial charge in [-0.1, -0.05) is 24.3 Å². The third-order valence-electron chi connectivity index (χ3n) is 5.19. The zero-order valence-corrected chi connectivity index (χ0v) is 17.7. The van der Waals surface area contributed by atoms with E-state index in [1.807, 2.05) is 25.1 Å². The van der Waals surface area contributed by atoms with Crippen LogP contribution in [-0.4, -0.2) is 37.8 Å². The summed E-state index contributed by atoms with van der Waals surface area (Å²) in [5.41, 5.74) is 4.41. The van der Waals surface area contributed by atoms with Crippen molar-refractivity contribution in [2.75, 3.05) is 38.1 Å². The van der Waals surface area contributed by atoms with Gasteiger partial charge in [-0.15, -0.1) is 0 Å². The Hall–Kier alpha value is -3.48. The molecule has 1 aliphatic heterocycles. The molecule has 1 aromatic heterocycles. The molecule has 0 saturated carbocycles. The summed E-state index contributed by atoms with van der Waals surface area (Å²) in [4.78, 5) is 11.7. The number of nitrogens with one attached hydrogen (secondary N) is 1. The Kier molecular flexibility index (Phi) is 5.61. The third-order valence-corrected chi connectivity index (χ3v) is 5.19. The minimum atomic E-state index is 0.553. The number of fused-ring (bicyclic) bond motifs is 1. The van der Waals surface area contributed by atoms with E-state index in [1.165, 1.54) is 11.1 Å². The molecule has 1 N–H and O–H groups in total. The van der Waals surface area contributed by atoms with Crippen LogP contribution < -0.4 is 24.4 Å². The molecule has 2 heterocycles. The molecule has 1 aliphatic rings. The SMILES string of the molecule is COc1cc(Nc2cc(C)nc(N3CCc4ccccc4C3)n2)cc(OC)c1OC. The smallest absolute Gasteiger partial charge is 0.227 e. The van der Waals surface area contributed by atoms with Gasteiger partial charge in [-0.2, -0.15) is 4.98 Å². The fraction of sp³-hybridized carbons (Fsp3) is 0.304. The van der Waals surface area contributed by atoms with Crippen LogP contribution in [0, 0.1) is 6.92 Å². The summed E-state index contributed by atoms with van der Waals surface area (Å²) in [6.45, 7) is 3.68. The number of aryl methyl sites for hydroxylation is 1. The lowest BCUT2D eigenvalue weighted by Crippen LogP contribution is -2.32. The number of aromatic nitrogens is 2. The number of ether oxygens (including phenoxy) is 3. The monoisotopic (exact) mass is 406 g/mol. The number of hydrogen-bond acceptors (Lipinski definition) is 7. The molecular weight excluding hydrogens is 380 g/mol. The zero-order valence-electron chi connectivity index (χ0n) is 17.7. The fourth-order valence-corrected chi connectivity index (χ4v) is 3.73. The summed E-state index contributed by atoms with van der Waals surface area (Å²) >= 11 is 0. The Morgan fingerprint density at radius 3 is 2.27 bits per heavy atom. The van der Waals surface area contributed by atoms with Crippen molar-refractivity contribution in [3.8, 4) is 17.2 Å². The van der Waals surface area contributed by atoms with Crippen LogP contribution in [0.15, 0.2) is 42.5 Å². The van der Waals surface area contributed by atoms with E-state index in [0.717, 1.165) is 36.8 Å². The van der Waals surface area contributed by atoms with Crippen molar-refractivity contribution in [1.82, 2.24) is 9.97 Å². The maximum atomic E-state index is 5.45. The number of benzene rings is 2. The molecule has 0 saturated heterocycles. The minimum absolute atomic E-state index is 0.553. The zero-order chi connectivity index (χ0) is 21.1. The quantitative estimate of drug-likeness (QED) is 0.660. The molecule has 4 rings (SSSR count). The minimum Gasteiger partial charge on any atom is -0.493 e. The molecule has 0 amide bonds. The van der Waals surface area contributed by atoms with E-state index >= 15 is 0 Å². The van der Waals surface area contributed by atoms with Crippen LogP contribution in [0.5, 0.6) is 17.2 Å². The second-order valence-electron chi connectivity index (χ2n) is 7.17. The normalized spacial score (nSPS) is 12.9. The topological polar surface area (TPSA) is 68.7 Å². The van der Waals surface area contributed by atoms with Crippen LogP contribution in [-0.2, 0) is 13.0 Å². The number of anilines is 3. The van der Waals surface area contributed by atoms with Gasteiger partial charge < -0.3 is 24.4 Å². The predicted molar refractivity (Wildman–Crippen MR) is 117 cm³/mol. The first kappa shape index (κ1) is 19.8. The maximum absolute atomic E-state index is 5.45. The Balaban J connectivity index is 1.62. The summed E-state index contributed by atoms with van der Waals surface area (Å²) < 4.78 is 16.3. The van der Waals surface area contributed by atoms with Crippen LogP contribution in [0.2, 0.25) is 0 Å².